The van der Waals surface area contributed by atoms with Crippen molar-refractivity contribution in [1.82, 2.24) is 5.32 Å². The first kappa shape index (κ1) is 13.7. The summed E-state index contributed by atoms with van der Waals surface area (Å²) in [5.74, 6) is 0.175. The van der Waals surface area contributed by atoms with E-state index in [0.717, 1.165) is 0 Å². The molecule has 0 aromatic heterocycles. The highest BCUT2D eigenvalue weighted by Gasteiger charge is 2.28. The van der Waals surface area contributed by atoms with Crippen LogP contribution in [0.5, 0.6) is 0 Å². The van der Waals surface area contributed by atoms with E-state index in [1.165, 1.54) is 0 Å². The minimum Gasteiger partial charge on any atom is -0.310 e. The Morgan fingerprint density at radius 3 is 2.29 bits per heavy atom. The van der Waals surface area contributed by atoms with Crippen LogP contribution in [0.2, 0.25) is 0 Å². The molecule has 0 saturated carbocycles. The molecule has 0 spiro atoms. The molecule has 0 saturated heterocycles. The molecular weight excluding hydrogens is 198 g/mol. The molecule has 1 atom stereocenters. The summed E-state index contributed by atoms with van der Waals surface area (Å²) in [5, 5.41) is 3.06. The van der Waals surface area contributed by atoms with E-state index in [4.69, 9.17) is 0 Å². The molecular formula is C10H21NO2S. The fourth-order valence-corrected chi connectivity index (χ4v) is 1.81. The first-order valence-electron chi connectivity index (χ1n) is 4.79. The Labute approximate surface area is 87.5 Å². The number of hydrogen-bond donors (Lipinski definition) is 1. The maximum atomic E-state index is 11.7. The summed E-state index contributed by atoms with van der Waals surface area (Å²) in [6, 6.07) is 0.158. The standard InChI is InChI=1S/C10H21NO2S/c1-6-9(2)11-7-8-14(12,13)10(3,4)5/h6,9,11H,1,7-8H2,2-5H3. The highest BCUT2D eigenvalue weighted by molar-refractivity contribution is 7.92. The lowest BCUT2D eigenvalue weighted by Crippen LogP contribution is -2.36. The fourth-order valence-electron chi connectivity index (χ4n) is 0.810. The van der Waals surface area contributed by atoms with Gasteiger partial charge < -0.3 is 5.32 Å². The lowest BCUT2D eigenvalue weighted by Gasteiger charge is -2.19. The van der Waals surface area contributed by atoms with Gasteiger partial charge in [-0.2, -0.15) is 0 Å². The van der Waals surface area contributed by atoms with Crippen molar-refractivity contribution in [2.24, 2.45) is 0 Å². The van der Waals surface area contributed by atoms with Crippen LogP contribution < -0.4 is 5.32 Å². The Hall–Kier alpha value is -0.350. The third kappa shape index (κ3) is 4.24. The molecule has 0 aromatic rings. The third-order valence-electron chi connectivity index (χ3n) is 2.12. The molecule has 14 heavy (non-hydrogen) atoms. The van der Waals surface area contributed by atoms with Gasteiger partial charge in [0.15, 0.2) is 9.84 Å². The van der Waals surface area contributed by atoms with E-state index in [-0.39, 0.29) is 11.8 Å². The van der Waals surface area contributed by atoms with Crippen molar-refractivity contribution in [2.75, 3.05) is 12.3 Å². The maximum Gasteiger partial charge on any atom is 0.156 e. The van der Waals surface area contributed by atoms with Gasteiger partial charge in [-0.05, 0) is 27.7 Å². The van der Waals surface area contributed by atoms with Crippen molar-refractivity contribution >= 4 is 9.84 Å². The number of hydrogen-bond acceptors (Lipinski definition) is 3. The zero-order valence-corrected chi connectivity index (χ0v) is 10.3. The van der Waals surface area contributed by atoms with Crippen LogP contribution >= 0.6 is 0 Å². The van der Waals surface area contributed by atoms with Gasteiger partial charge in [0.25, 0.3) is 0 Å². The van der Waals surface area contributed by atoms with Crippen molar-refractivity contribution in [3.05, 3.63) is 12.7 Å². The molecule has 0 radical (unpaired) electrons. The van der Waals surface area contributed by atoms with Crippen LogP contribution in [0.3, 0.4) is 0 Å². The molecule has 84 valence electrons. The third-order valence-corrected chi connectivity index (χ3v) is 4.73. The Balaban J connectivity index is 4.09. The fraction of sp³-hybridized carbons (Fsp3) is 0.800. The number of sulfone groups is 1. The number of nitrogens with one attached hydrogen (secondary N) is 1. The van der Waals surface area contributed by atoms with Crippen LogP contribution in [0, 0.1) is 0 Å². The molecule has 0 aromatic carbocycles. The Morgan fingerprint density at radius 2 is 1.93 bits per heavy atom. The van der Waals surface area contributed by atoms with Crippen molar-refractivity contribution in [3.8, 4) is 0 Å². The summed E-state index contributed by atoms with van der Waals surface area (Å²) < 4.78 is 22.7. The van der Waals surface area contributed by atoms with Crippen LogP contribution in [0.1, 0.15) is 27.7 Å². The van der Waals surface area contributed by atoms with Gasteiger partial charge in [-0.1, -0.05) is 6.08 Å². The van der Waals surface area contributed by atoms with Crippen LogP contribution in [-0.4, -0.2) is 31.5 Å². The second kappa shape index (κ2) is 4.94. The van der Waals surface area contributed by atoms with E-state index in [1.54, 1.807) is 26.8 Å². The maximum absolute atomic E-state index is 11.7. The predicted molar refractivity (Wildman–Crippen MR) is 61.2 cm³/mol. The van der Waals surface area contributed by atoms with Crippen LogP contribution in [-0.2, 0) is 9.84 Å². The van der Waals surface area contributed by atoms with Crippen LogP contribution in [0.15, 0.2) is 12.7 Å². The largest absolute Gasteiger partial charge is 0.310 e. The van der Waals surface area contributed by atoms with Gasteiger partial charge in [0.2, 0.25) is 0 Å². The summed E-state index contributed by atoms with van der Waals surface area (Å²) in [6.07, 6.45) is 1.75. The molecule has 4 heteroatoms. The van der Waals surface area contributed by atoms with Crippen molar-refractivity contribution in [3.63, 3.8) is 0 Å². The summed E-state index contributed by atoms with van der Waals surface area (Å²) >= 11 is 0. The van der Waals surface area contributed by atoms with Gasteiger partial charge in [-0.3, -0.25) is 0 Å². The molecule has 1 N–H and O–H groups in total. The van der Waals surface area contributed by atoms with E-state index in [9.17, 15) is 8.42 Å². The summed E-state index contributed by atoms with van der Waals surface area (Å²) in [4.78, 5) is 0. The highest BCUT2D eigenvalue weighted by Crippen LogP contribution is 2.15. The quantitative estimate of drug-likeness (QED) is 0.710. The molecule has 0 aliphatic rings. The van der Waals surface area contributed by atoms with Crippen molar-refractivity contribution in [1.29, 1.82) is 0 Å². The average Bonchev–Trinajstić information content (AvgIpc) is 2.01. The first-order valence-corrected chi connectivity index (χ1v) is 6.44. The minimum absolute atomic E-state index is 0.158. The van der Waals surface area contributed by atoms with Gasteiger partial charge >= 0.3 is 0 Å². The Morgan fingerprint density at radius 1 is 1.43 bits per heavy atom. The van der Waals surface area contributed by atoms with Gasteiger partial charge in [-0.25, -0.2) is 8.42 Å². The lowest BCUT2D eigenvalue weighted by atomic mass is 10.3. The zero-order valence-electron chi connectivity index (χ0n) is 9.50. The second-order valence-corrected chi connectivity index (χ2v) is 7.27. The SMILES string of the molecule is C=CC(C)NCCS(=O)(=O)C(C)(C)C. The topological polar surface area (TPSA) is 46.2 Å². The monoisotopic (exact) mass is 219 g/mol. The van der Waals surface area contributed by atoms with Gasteiger partial charge in [0.1, 0.15) is 0 Å². The summed E-state index contributed by atoms with van der Waals surface area (Å²) in [7, 11) is -3.00. The van der Waals surface area contributed by atoms with E-state index in [1.807, 2.05) is 6.92 Å². The molecule has 0 bridgehead atoms. The van der Waals surface area contributed by atoms with Crippen LogP contribution in [0.25, 0.3) is 0 Å². The summed E-state index contributed by atoms with van der Waals surface area (Å²) in [5.41, 5.74) is 0. The zero-order chi connectivity index (χ0) is 11.4. The Bertz CT molecular complexity index is 275. The molecule has 0 rings (SSSR count). The number of rotatable bonds is 5. The first-order chi connectivity index (χ1) is 6.20. The molecule has 0 aliphatic carbocycles. The van der Waals surface area contributed by atoms with Crippen molar-refractivity contribution < 1.29 is 8.42 Å². The Kier molecular flexibility index (Phi) is 4.81. The van der Waals surface area contributed by atoms with Gasteiger partial charge in [0, 0.05) is 12.6 Å². The molecule has 0 amide bonds. The summed E-state index contributed by atoms with van der Waals surface area (Å²) in [6.45, 7) is 11.2. The predicted octanol–water partition coefficient (Wildman–Crippen LogP) is 1.36. The minimum atomic E-state index is -3.00. The van der Waals surface area contributed by atoms with E-state index in [2.05, 4.69) is 11.9 Å². The molecule has 3 nitrogen and oxygen atoms in total. The van der Waals surface area contributed by atoms with E-state index >= 15 is 0 Å². The molecule has 0 fully saturated rings. The molecule has 0 aliphatic heterocycles. The molecule has 1 unspecified atom stereocenters. The van der Waals surface area contributed by atoms with Crippen molar-refractivity contribution in [2.45, 2.75) is 38.5 Å². The van der Waals surface area contributed by atoms with E-state index in [0.29, 0.717) is 6.54 Å². The van der Waals surface area contributed by atoms with Crippen LogP contribution in [0.4, 0.5) is 0 Å². The lowest BCUT2D eigenvalue weighted by molar-refractivity contribution is 0.553. The average molecular weight is 219 g/mol. The highest BCUT2D eigenvalue weighted by atomic mass is 32.2. The normalized spacial score (nSPS) is 15.1. The van der Waals surface area contributed by atoms with E-state index < -0.39 is 14.6 Å². The smallest absolute Gasteiger partial charge is 0.156 e. The molecule has 0 heterocycles. The van der Waals surface area contributed by atoms with Gasteiger partial charge in [-0.15, -0.1) is 6.58 Å². The van der Waals surface area contributed by atoms with Gasteiger partial charge in [0.05, 0.1) is 10.5 Å². The second-order valence-electron chi connectivity index (χ2n) is 4.41.